The van der Waals surface area contributed by atoms with E-state index in [0.717, 1.165) is 36.6 Å². The van der Waals surface area contributed by atoms with Crippen LogP contribution in [0.4, 0.5) is 11.6 Å². The standard InChI is InChI=1S/C12H21N5/c1-9-15-11(13-2)8-12(16-9)14-6-7-17(3)10-4-5-10/h8,10H,4-7H2,1-3H3,(H2,13,14,15,16). The topological polar surface area (TPSA) is 53.1 Å². The van der Waals surface area contributed by atoms with Crippen LogP contribution in [0.2, 0.25) is 0 Å². The molecule has 0 amide bonds. The van der Waals surface area contributed by atoms with Gasteiger partial charge in [-0.05, 0) is 26.8 Å². The molecule has 1 aromatic heterocycles. The Morgan fingerprint density at radius 2 is 2.06 bits per heavy atom. The van der Waals surface area contributed by atoms with Crippen LogP contribution in [-0.2, 0) is 0 Å². The lowest BCUT2D eigenvalue weighted by Crippen LogP contribution is -2.27. The molecule has 0 saturated heterocycles. The Kier molecular flexibility index (Phi) is 3.78. The van der Waals surface area contributed by atoms with Gasteiger partial charge in [-0.15, -0.1) is 0 Å². The predicted octanol–water partition coefficient (Wildman–Crippen LogP) is 1.33. The van der Waals surface area contributed by atoms with Gasteiger partial charge in [0.25, 0.3) is 0 Å². The fraction of sp³-hybridized carbons (Fsp3) is 0.667. The van der Waals surface area contributed by atoms with Crippen molar-refractivity contribution < 1.29 is 0 Å². The van der Waals surface area contributed by atoms with Crippen LogP contribution in [0.1, 0.15) is 18.7 Å². The van der Waals surface area contributed by atoms with E-state index in [1.807, 2.05) is 20.0 Å². The third kappa shape index (κ3) is 3.56. The lowest BCUT2D eigenvalue weighted by molar-refractivity contribution is 0.337. The fourth-order valence-electron chi connectivity index (χ4n) is 1.84. The van der Waals surface area contributed by atoms with E-state index in [9.17, 15) is 0 Å². The van der Waals surface area contributed by atoms with Gasteiger partial charge in [-0.25, -0.2) is 9.97 Å². The monoisotopic (exact) mass is 235 g/mol. The number of hydrogen-bond donors (Lipinski definition) is 2. The van der Waals surface area contributed by atoms with Gasteiger partial charge >= 0.3 is 0 Å². The molecule has 2 rings (SSSR count). The fourth-order valence-corrected chi connectivity index (χ4v) is 1.84. The quantitative estimate of drug-likeness (QED) is 0.779. The van der Waals surface area contributed by atoms with Crippen LogP contribution in [-0.4, -0.2) is 48.1 Å². The first-order valence-corrected chi connectivity index (χ1v) is 6.16. The number of anilines is 2. The van der Waals surface area contributed by atoms with E-state index in [1.54, 1.807) is 0 Å². The number of rotatable bonds is 6. The summed E-state index contributed by atoms with van der Waals surface area (Å²) in [6.45, 7) is 3.89. The zero-order valence-electron chi connectivity index (χ0n) is 10.8. The van der Waals surface area contributed by atoms with E-state index in [1.165, 1.54) is 12.8 Å². The van der Waals surface area contributed by atoms with E-state index in [-0.39, 0.29) is 0 Å². The Labute approximate surface area is 103 Å². The zero-order valence-corrected chi connectivity index (χ0v) is 10.8. The van der Waals surface area contributed by atoms with E-state index < -0.39 is 0 Å². The van der Waals surface area contributed by atoms with Crippen LogP contribution in [0.25, 0.3) is 0 Å². The van der Waals surface area contributed by atoms with E-state index in [2.05, 4.69) is 32.5 Å². The molecule has 0 aromatic carbocycles. The molecule has 5 heteroatoms. The van der Waals surface area contributed by atoms with Gasteiger partial charge in [-0.1, -0.05) is 0 Å². The Bertz CT molecular complexity index is 375. The molecule has 0 bridgehead atoms. The molecule has 0 atom stereocenters. The molecule has 1 aliphatic rings. The van der Waals surface area contributed by atoms with E-state index >= 15 is 0 Å². The van der Waals surface area contributed by atoms with Gasteiger partial charge < -0.3 is 15.5 Å². The summed E-state index contributed by atoms with van der Waals surface area (Å²) >= 11 is 0. The first-order chi connectivity index (χ1) is 8.19. The molecule has 0 unspecified atom stereocenters. The summed E-state index contributed by atoms with van der Waals surface area (Å²) < 4.78 is 0. The van der Waals surface area contributed by atoms with Crippen molar-refractivity contribution in [1.29, 1.82) is 0 Å². The summed E-state index contributed by atoms with van der Waals surface area (Å²) in [7, 11) is 4.05. The lowest BCUT2D eigenvalue weighted by atomic mass is 10.4. The van der Waals surface area contributed by atoms with Crippen LogP contribution in [0.5, 0.6) is 0 Å². The van der Waals surface area contributed by atoms with Crippen LogP contribution in [0.3, 0.4) is 0 Å². The highest BCUT2D eigenvalue weighted by atomic mass is 15.2. The minimum atomic E-state index is 0.787. The first-order valence-electron chi connectivity index (χ1n) is 6.16. The Hall–Kier alpha value is -1.36. The van der Waals surface area contributed by atoms with Crippen molar-refractivity contribution in [3.8, 4) is 0 Å². The normalized spacial score (nSPS) is 15.1. The Balaban J connectivity index is 1.83. The van der Waals surface area contributed by atoms with Crippen molar-refractivity contribution in [1.82, 2.24) is 14.9 Å². The van der Waals surface area contributed by atoms with E-state index in [0.29, 0.717) is 0 Å². The highest BCUT2D eigenvalue weighted by Crippen LogP contribution is 2.24. The van der Waals surface area contributed by atoms with Crippen LogP contribution in [0, 0.1) is 6.92 Å². The zero-order chi connectivity index (χ0) is 12.3. The van der Waals surface area contributed by atoms with Gasteiger partial charge in [-0.3, -0.25) is 0 Å². The number of nitrogens with zero attached hydrogens (tertiary/aromatic N) is 3. The SMILES string of the molecule is CNc1cc(NCCN(C)C2CC2)nc(C)n1. The van der Waals surface area contributed by atoms with Crippen LogP contribution < -0.4 is 10.6 Å². The molecular weight excluding hydrogens is 214 g/mol. The molecular formula is C12H21N5. The molecule has 94 valence electrons. The molecule has 1 saturated carbocycles. The average molecular weight is 235 g/mol. The third-order valence-electron chi connectivity index (χ3n) is 3.03. The molecule has 5 nitrogen and oxygen atoms in total. The second-order valence-corrected chi connectivity index (χ2v) is 4.57. The maximum absolute atomic E-state index is 4.36. The average Bonchev–Trinajstić information content (AvgIpc) is 3.12. The van der Waals surface area contributed by atoms with Crippen LogP contribution >= 0.6 is 0 Å². The largest absolute Gasteiger partial charge is 0.373 e. The smallest absolute Gasteiger partial charge is 0.131 e. The second-order valence-electron chi connectivity index (χ2n) is 4.57. The number of aromatic nitrogens is 2. The van der Waals surface area contributed by atoms with Crippen LogP contribution in [0.15, 0.2) is 6.07 Å². The van der Waals surface area contributed by atoms with Gasteiger partial charge in [0.2, 0.25) is 0 Å². The van der Waals surface area contributed by atoms with Crippen molar-refractivity contribution >= 4 is 11.6 Å². The Morgan fingerprint density at radius 3 is 2.71 bits per heavy atom. The van der Waals surface area contributed by atoms with Gasteiger partial charge in [0.05, 0.1) is 0 Å². The molecule has 1 aromatic rings. The molecule has 2 N–H and O–H groups in total. The summed E-state index contributed by atoms with van der Waals surface area (Å²) in [5, 5.41) is 6.38. The second kappa shape index (κ2) is 5.31. The molecule has 1 aliphatic carbocycles. The predicted molar refractivity (Wildman–Crippen MR) is 70.5 cm³/mol. The minimum Gasteiger partial charge on any atom is -0.373 e. The first kappa shape index (κ1) is 12.1. The third-order valence-corrected chi connectivity index (χ3v) is 3.03. The molecule has 1 fully saturated rings. The van der Waals surface area contributed by atoms with Gasteiger partial charge in [0, 0.05) is 32.2 Å². The Morgan fingerprint density at radius 1 is 1.35 bits per heavy atom. The van der Waals surface area contributed by atoms with Gasteiger partial charge in [0.1, 0.15) is 17.5 Å². The highest BCUT2D eigenvalue weighted by Gasteiger charge is 2.25. The highest BCUT2D eigenvalue weighted by molar-refractivity contribution is 5.47. The van der Waals surface area contributed by atoms with Gasteiger partial charge in [0.15, 0.2) is 0 Å². The summed E-state index contributed by atoms with van der Waals surface area (Å²) in [6, 6.07) is 2.75. The number of hydrogen-bond acceptors (Lipinski definition) is 5. The van der Waals surface area contributed by atoms with Crippen molar-refractivity contribution in [2.45, 2.75) is 25.8 Å². The summed E-state index contributed by atoms with van der Waals surface area (Å²) in [4.78, 5) is 11.0. The van der Waals surface area contributed by atoms with Crippen molar-refractivity contribution in [2.24, 2.45) is 0 Å². The maximum atomic E-state index is 4.36. The van der Waals surface area contributed by atoms with Crippen molar-refractivity contribution in [3.05, 3.63) is 11.9 Å². The minimum absolute atomic E-state index is 0.787. The summed E-state index contributed by atoms with van der Waals surface area (Å²) in [5.41, 5.74) is 0. The van der Waals surface area contributed by atoms with E-state index in [4.69, 9.17) is 0 Å². The number of aryl methyl sites for hydroxylation is 1. The molecule has 17 heavy (non-hydrogen) atoms. The molecule has 0 radical (unpaired) electrons. The number of likely N-dealkylation sites (N-methyl/N-ethyl adjacent to an activating group) is 1. The molecule has 0 spiro atoms. The maximum Gasteiger partial charge on any atom is 0.131 e. The van der Waals surface area contributed by atoms with Crippen molar-refractivity contribution in [3.63, 3.8) is 0 Å². The summed E-state index contributed by atoms with van der Waals surface area (Å²) in [6.07, 6.45) is 2.71. The lowest BCUT2D eigenvalue weighted by Gasteiger charge is -2.16. The number of nitrogens with one attached hydrogen (secondary N) is 2. The summed E-state index contributed by atoms with van der Waals surface area (Å²) in [5.74, 6) is 2.54. The van der Waals surface area contributed by atoms with Crippen molar-refractivity contribution in [2.75, 3.05) is 37.8 Å². The molecule has 1 heterocycles. The molecule has 0 aliphatic heterocycles. The van der Waals surface area contributed by atoms with Gasteiger partial charge in [-0.2, -0.15) is 0 Å².